The van der Waals surface area contributed by atoms with E-state index < -0.39 is 0 Å². The molecule has 0 unspecified atom stereocenters. The molecule has 0 radical (unpaired) electrons. The first-order valence-corrected chi connectivity index (χ1v) is 11.3. The van der Waals surface area contributed by atoms with E-state index in [1.807, 2.05) is 29.6 Å². The Kier molecular flexibility index (Phi) is 5.89. The summed E-state index contributed by atoms with van der Waals surface area (Å²) in [6.45, 7) is 3.98. The number of thiazole rings is 1. The lowest BCUT2D eigenvalue weighted by atomic mass is 10.0. The van der Waals surface area contributed by atoms with Gasteiger partial charge >= 0.3 is 0 Å². The zero-order chi connectivity index (χ0) is 21.9. The number of para-hydroxylation sites is 1. The van der Waals surface area contributed by atoms with Gasteiger partial charge in [0.05, 0.1) is 35.7 Å². The van der Waals surface area contributed by atoms with Crippen LogP contribution in [0.2, 0.25) is 0 Å². The highest BCUT2D eigenvalue weighted by atomic mass is 32.1. The number of ether oxygens (including phenoxy) is 1. The number of carbonyl (C=O) groups is 1. The van der Waals surface area contributed by atoms with Crippen LogP contribution in [0.4, 0.5) is 9.52 Å². The van der Waals surface area contributed by atoms with Crippen LogP contribution in [0.15, 0.2) is 60.0 Å². The molecule has 8 heteroatoms. The van der Waals surface area contributed by atoms with E-state index in [-0.39, 0.29) is 11.7 Å². The van der Waals surface area contributed by atoms with Crippen molar-refractivity contribution in [3.63, 3.8) is 0 Å². The molecule has 1 N–H and O–H groups in total. The molecule has 0 aliphatic carbocycles. The lowest BCUT2D eigenvalue weighted by Gasteiger charge is -2.25. The van der Waals surface area contributed by atoms with Crippen molar-refractivity contribution in [1.82, 2.24) is 14.9 Å². The molecule has 0 atom stereocenters. The van der Waals surface area contributed by atoms with E-state index >= 15 is 0 Å². The van der Waals surface area contributed by atoms with Crippen LogP contribution in [-0.4, -0.2) is 47.1 Å². The molecule has 4 aromatic rings. The van der Waals surface area contributed by atoms with Crippen LogP contribution in [0.1, 0.15) is 16.1 Å². The molecule has 1 aliphatic rings. The number of nitrogens with zero attached hydrogens (tertiary/aromatic N) is 3. The van der Waals surface area contributed by atoms with Gasteiger partial charge in [-0.15, -0.1) is 11.3 Å². The Bertz CT molecular complexity index is 1250. The van der Waals surface area contributed by atoms with Gasteiger partial charge in [-0.2, -0.15) is 0 Å². The topological polar surface area (TPSA) is 67.4 Å². The van der Waals surface area contributed by atoms with Crippen molar-refractivity contribution in [1.29, 1.82) is 0 Å². The maximum atomic E-state index is 13.4. The molecule has 1 fully saturated rings. The minimum atomic E-state index is -0.316. The molecule has 6 nitrogen and oxygen atoms in total. The fourth-order valence-corrected chi connectivity index (χ4v) is 4.42. The molecule has 3 heterocycles. The number of benzene rings is 2. The molecule has 0 saturated carbocycles. The van der Waals surface area contributed by atoms with E-state index in [1.54, 1.807) is 18.2 Å². The Morgan fingerprint density at radius 1 is 1.09 bits per heavy atom. The Morgan fingerprint density at radius 2 is 1.88 bits per heavy atom. The zero-order valence-electron chi connectivity index (χ0n) is 17.3. The van der Waals surface area contributed by atoms with Crippen LogP contribution in [0, 0.1) is 5.82 Å². The Hall–Kier alpha value is -3.20. The summed E-state index contributed by atoms with van der Waals surface area (Å²) in [6.07, 6.45) is 0. The van der Waals surface area contributed by atoms with Crippen LogP contribution in [0.5, 0.6) is 0 Å². The van der Waals surface area contributed by atoms with Gasteiger partial charge in [0.25, 0.3) is 5.91 Å². The standard InChI is InChI=1S/C24H21FN4O2S/c25-17-7-5-16(6-8-17)22-13-20(19-3-1-2-4-21(19)27-22)23(30)28-24-26-18(15-32-24)14-29-9-11-31-12-10-29/h1-8,13,15H,9-12,14H2,(H,26,28,30). The van der Waals surface area contributed by atoms with Crippen molar-refractivity contribution in [2.24, 2.45) is 0 Å². The van der Waals surface area contributed by atoms with Crippen molar-refractivity contribution in [3.8, 4) is 11.3 Å². The predicted molar refractivity (Wildman–Crippen MR) is 123 cm³/mol. The molecular weight excluding hydrogens is 427 g/mol. The first-order valence-electron chi connectivity index (χ1n) is 10.4. The maximum Gasteiger partial charge on any atom is 0.258 e. The number of carbonyl (C=O) groups excluding carboxylic acids is 1. The third-order valence-corrected chi connectivity index (χ3v) is 6.17. The summed E-state index contributed by atoms with van der Waals surface area (Å²) in [5.41, 5.74) is 3.49. The molecule has 1 aliphatic heterocycles. The highest BCUT2D eigenvalue weighted by molar-refractivity contribution is 7.14. The van der Waals surface area contributed by atoms with Crippen molar-refractivity contribution < 1.29 is 13.9 Å². The average Bonchev–Trinajstić information content (AvgIpc) is 3.26. The number of nitrogens with one attached hydrogen (secondary N) is 1. The lowest BCUT2D eigenvalue weighted by Crippen LogP contribution is -2.35. The lowest BCUT2D eigenvalue weighted by molar-refractivity contribution is 0.0337. The predicted octanol–water partition coefficient (Wildman–Crippen LogP) is 4.58. The fraction of sp³-hybridized carbons (Fsp3) is 0.208. The van der Waals surface area contributed by atoms with E-state index in [2.05, 4.69) is 20.2 Å². The summed E-state index contributed by atoms with van der Waals surface area (Å²) in [4.78, 5) is 24.7. The van der Waals surface area contributed by atoms with Gasteiger partial charge in [0.2, 0.25) is 0 Å². The van der Waals surface area contributed by atoms with Crippen molar-refractivity contribution in [3.05, 3.63) is 77.1 Å². The van der Waals surface area contributed by atoms with Crippen molar-refractivity contribution in [2.75, 3.05) is 31.6 Å². The van der Waals surface area contributed by atoms with E-state index in [9.17, 15) is 9.18 Å². The summed E-state index contributed by atoms with van der Waals surface area (Å²) >= 11 is 1.41. The number of amides is 1. The van der Waals surface area contributed by atoms with E-state index in [4.69, 9.17) is 4.74 Å². The van der Waals surface area contributed by atoms with Gasteiger partial charge in [0.1, 0.15) is 5.82 Å². The summed E-state index contributed by atoms with van der Waals surface area (Å²) in [5.74, 6) is -0.566. The number of hydrogen-bond acceptors (Lipinski definition) is 6. The van der Waals surface area contributed by atoms with Crippen LogP contribution in [0.25, 0.3) is 22.2 Å². The largest absolute Gasteiger partial charge is 0.379 e. The SMILES string of the molecule is O=C(Nc1nc(CN2CCOCC2)cs1)c1cc(-c2ccc(F)cc2)nc2ccccc12. The van der Waals surface area contributed by atoms with E-state index in [1.165, 1.54) is 23.5 Å². The van der Waals surface area contributed by atoms with Crippen LogP contribution >= 0.6 is 11.3 Å². The van der Waals surface area contributed by atoms with Gasteiger partial charge in [0, 0.05) is 36.0 Å². The van der Waals surface area contributed by atoms with E-state index in [0.29, 0.717) is 21.9 Å². The Balaban J connectivity index is 1.41. The smallest absolute Gasteiger partial charge is 0.258 e. The van der Waals surface area contributed by atoms with Gasteiger partial charge in [-0.25, -0.2) is 14.4 Å². The van der Waals surface area contributed by atoms with Crippen molar-refractivity contribution >= 4 is 33.3 Å². The van der Waals surface area contributed by atoms with Crippen LogP contribution in [-0.2, 0) is 11.3 Å². The minimum absolute atomic E-state index is 0.251. The summed E-state index contributed by atoms with van der Waals surface area (Å²) < 4.78 is 18.7. The fourth-order valence-electron chi connectivity index (χ4n) is 3.72. The second kappa shape index (κ2) is 9.12. The number of halogens is 1. The minimum Gasteiger partial charge on any atom is -0.379 e. The molecule has 1 amide bonds. The normalized spacial score (nSPS) is 14.5. The summed E-state index contributed by atoms with van der Waals surface area (Å²) in [7, 11) is 0. The van der Waals surface area contributed by atoms with Gasteiger partial charge in [-0.3, -0.25) is 15.0 Å². The molecular formula is C24H21FN4O2S. The van der Waals surface area contributed by atoms with Gasteiger partial charge in [-0.1, -0.05) is 18.2 Å². The zero-order valence-corrected chi connectivity index (χ0v) is 18.1. The molecule has 2 aromatic carbocycles. The van der Waals surface area contributed by atoms with Crippen LogP contribution in [0.3, 0.4) is 0 Å². The first-order chi connectivity index (χ1) is 15.7. The first kappa shape index (κ1) is 20.7. The van der Waals surface area contributed by atoms with Crippen molar-refractivity contribution in [2.45, 2.75) is 6.54 Å². The molecule has 162 valence electrons. The van der Waals surface area contributed by atoms with Gasteiger partial charge in [0.15, 0.2) is 5.13 Å². The Morgan fingerprint density at radius 3 is 2.69 bits per heavy atom. The molecule has 0 spiro atoms. The quantitative estimate of drug-likeness (QED) is 0.484. The molecule has 5 rings (SSSR count). The highest BCUT2D eigenvalue weighted by Gasteiger charge is 2.17. The molecule has 32 heavy (non-hydrogen) atoms. The molecule has 0 bridgehead atoms. The van der Waals surface area contributed by atoms with Gasteiger partial charge < -0.3 is 4.74 Å². The second-order valence-corrected chi connectivity index (χ2v) is 8.42. The average molecular weight is 449 g/mol. The number of pyridine rings is 1. The number of anilines is 1. The monoisotopic (exact) mass is 448 g/mol. The number of aromatic nitrogens is 2. The van der Waals surface area contributed by atoms with E-state index in [0.717, 1.165) is 49.5 Å². The summed E-state index contributed by atoms with van der Waals surface area (Å²) in [5, 5.41) is 6.21. The number of fused-ring (bicyclic) bond motifs is 1. The Labute approximate surface area is 188 Å². The third kappa shape index (κ3) is 4.52. The number of rotatable bonds is 5. The summed E-state index contributed by atoms with van der Waals surface area (Å²) in [6, 6.07) is 15.3. The van der Waals surface area contributed by atoms with Gasteiger partial charge in [-0.05, 0) is 36.4 Å². The second-order valence-electron chi connectivity index (χ2n) is 7.57. The third-order valence-electron chi connectivity index (χ3n) is 5.36. The number of morpholine rings is 1. The number of hydrogen-bond donors (Lipinski definition) is 1. The highest BCUT2D eigenvalue weighted by Crippen LogP contribution is 2.26. The maximum absolute atomic E-state index is 13.4. The van der Waals surface area contributed by atoms with Crippen LogP contribution < -0.4 is 5.32 Å². The molecule has 1 saturated heterocycles. The molecule has 2 aromatic heterocycles.